The van der Waals surface area contributed by atoms with Gasteiger partial charge in [0.05, 0.1) is 5.92 Å². The van der Waals surface area contributed by atoms with E-state index in [1.54, 1.807) is 0 Å². The molecule has 1 aromatic rings. The SMILES string of the molecule is CCN(CC)Cc1ccccc1NC(=O)C(C)C(C)N. The summed E-state index contributed by atoms with van der Waals surface area (Å²) in [5.74, 6) is -0.219. The summed E-state index contributed by atoms with van der Waals surface area (Å²) in [4.78, 5) is 14.4. The van der Waals surface area contributed by atoms with Crippen molar-refractivity contribution >= 4 is 11.6 Å². The van der Waals surface area contributed by atoms with Crippen LogP contribution in [0.25, 0.3) is 0 Å². The Morgan fingerprint density at radius 2 is 1.85 bits per heavy atom. The monoisotopic (exact) mass is 277 g/mol. The molecule has 2 unspecified atom stereocenters. The molecule has 0 saturated carbocycles. The molecule has 4 nitrogen and oxygen atoms in total. The molecule has 0 fully saturated rings. The van der Waals surface area contributed by atoms with Crippen LogP contribution in [0, 0.1) is 5.92 Å². The lowest BCUT2D eigenvalue weighted by Gasteiger charge is -2.21. The van der Waals surface area contributed by atoms with Crippen LogP contribution >= 0.6 is 0 Å². The average Bonchev–Trinajstić information content (AvgIpc) is 2.45. The van der Waals surface area contributed by atoms with Crippen molar-refractivity contribution in [1.82, 2.24) is 4.90 Å². The predicted molar refractivity (Wildman–Crippen MR) is 84.5 cm³/mol. The number of rotatable bonds is 7. The summed E-state index contributed by atoms with van der Waals surface area (Å²) in [6.07, 6.45) is 0. The van der Waals surface area contributed by atoms with Crippen LogP contribution in [0.5, 0.6) is 0 Å². The summed E-state index contributed by atoms with van der Waals surface area (Å²) < 4.78 is 0. The van der Waals surface area contributed by atoms with Gasteiger partial charge in [0.1, 0.15) is 0 Å². The Morgan fingerprint density at radius 3 is 2.40 bits per heavy atom. The van der Waals surface area contributed by atoms with Crippen molar-refractivity contribution in [2.24, 2.45) is 11.7 Å². The molecule has 112 valence electrons. The Hall–Kier alpha value is -1.39. The van der Waals surface area contributed by atoms with Gasteiger partial charge in [-0.15, -0.1) is 0 Å². The van der Waals surface area contributed by atoms with Crippen LogP contribution in [-0.4, -0.2) is 29.9 Å². The van der Waals surface area contributed by atoms with Crippen LogP contribution in [0.4, 0.5) is 5.69 Å². The summed E-state index contributed by atoms with van der Waals surface area (Å²) >= 11 is 0. The summed E-state index contributed by atoms with van der Waals surface area (Å²) in [5, 5.41) is 3.00. The lowest BCUT2D eigenvalue weighted by Crippen LogP contribution is -2.34. The van der Waals surface area contributed by atoms with Gasteiger partial charge in [-0.25, -0.2) is 0 Å². The zero-order chi connectivity index (χ0) is 15.1. The molecule has 0 aliphatic rings. The van der Waals surface area contributed by atoms with E-state index >= 15 is 0 Å². The van der Waals surface area contributed by atoms with Gasteiger partial charge in [-0.05, 0) is 31.6 Å². The van der Waals surface area contributed by atoms with E-state index in [-0.39, 0.29) is 17.9 Å². The molecule has 1 amide bonds. The van der Waals surface area contributed by atoms with Crippen molar-refractivity contribution in [3.63, 3.8) is 0 Å². The van der Waals surface area contributed by atoms with Gasteiger partial charge in [0.2, 0.25) is 5.91 Å². The molecule has 0 aliphatic carbocycles. The highest BCUT2D eigenvalue weighted by Gasteiger charge is 2.18. The Bertz CT molecular complexity index is 427. The summed E-state index contributed by atoms with van der Waals surface area (Å²) in [7, 11) is 0. The fourth-order valence-electron chi connectivity index (χ4n) is 1.95. The molecule has 3 N–H and O–H groups in total. The van der Waals surface area contributed by atoms with Gasteiger partial charge in [-0.2, -0.15) is 0 Å². The van der Waals surface area contributed by atoms with Crippen molar-refractivity contribution in [2.75, 3.05) is 18.4 Å². The number of carbonyl (C=O) groups is 1. The lowest BCUT2D eigenvalue weighted by atomic mass is 10.0. The van der Waals surface area contributed by atoms with Crippen molar-refractivity contribution in [3.8, 4) is 0 Å². The first-order valence-corrected chi connectivity index (χ1v) is 7.36. The Balaban J connectivity index is 2.82. The highest BCUT2D eigenvalue weighted by atomic mass is 16.1. The second kappa shape index (κ2) is 8.02. The van der Waals surface area contributed by atoms with E-state index in [1.165, 1.54) is 0 Å². The molecule has 0 spiro atoms. The van der Waals surface area contributed by atoms with Gasteiger partial charge in [-0.3, -0.25) is 9.69 Å². The number of para-hydroxylation sites is 1. The zero-order valence-corrected chi connectivity index (χ0v) is 13.0. The van der Waals surface area contributed by atoms with Crippen molar-refractivity contribution < 1.29 is 4.79 Å². The third kappa shape index (κ3) is 4.62. The number of amides is 1. The molecule has 2 atom stereocenters. The smallest absolute Gasteiger partial charge is 0.228 e. The molecule has 0 heterocycles. The molecule has 4 heteroatoms. The van der Waals surface area contributed by atoms with Crippen LogP contribution in [0.1, 0.15) is 33.3 Å². The van der Waals surface area contributed by atoms with Crippen LogP contribution in [0.3, 0.4) is 0 Å². The number of hydrogen-bond acceptors (Lipinski definition) is 3. The zero-order valence-electron chi connectivity index (χ0n) is 13.0. The maximum absolute atomic E-state index is 12.1. The maximum Gasteiger partial charge on any atom is 0.228 e. The predicted octanol–water partition coefficient (Wildman–Crippen LogP) is 2.45. The van der Waals surface area contributed by atoms with Gasteiger partial charge >= 0.3 is 0 Å². The van der Waals surface area contributed by atoms with E-state index in [0.29, 0.717) is 0 Å². The van der Waals surface area contributed by atoms with E-state index in [9.17, 15) is 4.79 Å². The van der Waals surface area contributed by atoms with E-state index in [0.717, 1.165) is 30.9 Å². The number of nitrogens with one attached hydrogen (secondary N) is 1. The largest absolute Gasteiger partial charge is 0.327 e. The second-order valence-electron chi connectivity index (χ2n) is 5.26. The van der Waals surface area contributed by atoms with Gasteiger partial charge in [-0.1, -0.05) is 39.0 Å². The van der Waals surface area contributed by atoms with E-state index in [2.05, 4.69) is 30.1 Å². The third-order valence-corrected chi connectivity index (χ3v) is 3.77. The first kappa shape index (κ1) is 16.7. The third-order valence-electron chi connectivity index (χ3n) is 3.77. The Labute approximate surface area is 122 Å². The minimum absolute atomic E-state index is 0.0213. The van der Waals surface area contributed by atoms with Crippen molar-refractivity contribution in [3.05, 3.63) is 29.8 Å². The molecule has 1 aromatic carbocycles. The maximum atomic E-state index is 12.1. The molecular formula is C16H27N3O. The van der Waals surface area contributed by atoms with Gasteiger partial charge in [0.25, 0.3) is 0 Å². The average molecular weight is 277 g/mol. The molecule has 0 aliphatic heterocycles. The normalized spacial score (nSPS) is 14.1. The molecule has 20 heavy (non-hydrogen) atoms. The van der Waals surface area contributed by atoms with Crippen LogP contribution in [0.15, 0.2) is 24.3 Å². The molecule has 0 saturated heterocycles. The number of anilines is 1. The minimum atomic E-state index is -0.198. The lowest BCUT2D eigenvalue weighted by molar-refractivity contribution is -0.119. The highest BCUT2D eigenvalue weighted by Crippen LogP contribution is 2.18. The van der Waals surface area contributed by atoms with E-state index < -0.39 is 0 Å². The van der Waals surface area contributed by atoms with E-state index in [4.69, 9.17) is 5.73 Å². The topological polar surface area (TPSA) is 58.4 Å². The molecular weight excluding hydrogens is 250 g/mol. The fraction of sp³-hybridized carbons (Fsp3) is 0.562. The Morgan fingerprint density at radius 1 is 1.25 bits per heavy atom. The first-order valence-electron chi connectivity index (χ1n) is 7.36. The van der Waals surface area contributed by atoms with Gasteiger partial charge < -0.3 is 11.1 Å². The summed E-state index contributed by atoms with van der Waals surface area (Å²) in [5.41, 5.74) is 7.81. The minimum Gasteiger partial charge on any atom is -0.327 e. The number of benzene rings is 1. The van der Waals surface area contributed by atoms with Crippen molar-refractivity contribution in [2.45, 2.75) is 40.3 Å². The molecule has 0 radical (unpaired) electrons. The van der Waals surface area contributed by atoms with E-state index in [1.807, 2.05) is 32.0 Å². The summed E-state index contributed by atoms with van der Waals surface area (Å²) in [6.45, 7) is 10.8. The summed E-state index contributed by atoms with van der Waals surface area (Å²) in [6, 6.07) is 7.81. The van der Waals surface area contributed by atoms with Crippen LogP contribution in [0.2, 0.25) is 0 Å². The standard InChI is InChI=1S/C16H27N3O/c1-5-19(6-2)11-14-9-7-8-10-15(14)18-16(20)12(3)13(4)17/h7-10,12-13H,5-6,11,17H2,1-4H3,(H,18,20). The number of nitrogens with zero attached hydrogens (tertiary/aromatic N) is 1. The molecule has 0 aromatic heterocycles. The number of hydrogen-bond donors (Lipinski definition) is 2. The highest BCUT2D eigenvalue weighted by molar-refractivity contribution is 5.93. The van der Waals surface area contributed by atoms with Gasteiger partial charge in [0.15, 0.2) is 0 Å². The molecule has 0 bridgehead atoms. The van der Waals surface area contributed by atoms with Crippen LogP contribution in [-0.2, 0) is 11.3 Å². The second-order valence-corrected chi connectivity index (χ2v) is 5.26. The van der Waals surface area contributed by atoms with Crippen molar-refractivity contribution in [1.29, 1.82) is 0 Å². The van der Waals surface area contributed by atoms with Gasteiger partial charge in [0, 0.05) is 18.3 Å². The number of carbonyl (C=O) groups excluding carboxylic acids is 1. The van der Waals surface area contributed by atoms with Crippen LogP contribution < -0.4 is 11.1 Å². The molecule has 1 rings (SSSR count). The fourth-order valence-corrected chi connectivity index (χ4v) is 1.95. The quantitative estimate of drug-likeness (QED) is 0.805. The number of nitrogens with two attached hydrogens (primary N) is 1. The first-order chi connectivity index (χ1) is 9.49. The Kier molecular flexibility index (Phi) is 6.68.